The Morgan fingerprint density at radius 3 is 2.50 bits per heavy atom. The molecule has 0 radical (unpaired) electrons. The SMILES string of the molecule is CN=C(NCCC(F)(F)F)NCc1ccccc1[N+](=O)[O-].I. The Labute approximate surface area is 142 Å². The fourth-order valence-electron chi connectivity index (χ4n) is 1.56. The van der Waals surface area contributed by atoms with Crippen LogP contribution < -0.4 is 10.6 Å². The van der Waals surface area contributed by atoms with E-state index in [1.54, 1.807) is 12.1 Å². The van der Waals surface area contributed by atoms with Gasteiger partial charge in [-0.05, 0) is 0 Å². The highest BCUT2D eigenvalue weighted by molar-refractivity contribution is 14.0. The van der Waals surface area contributed by atoms with Gasteiger partial charge in [-0.3, -0.25) is 15.1 Å². The standard InChI is InChI=1S/C12H15F3N4O2.HI/c1-16-11(17-7-6-12(13,14)15)18-8-9-4-2-3-5-10(9)19(20)21;/h2-5H,6-8H2,1H3,(H2,16,17,18);1H. The molecule has 0 amide bonds. The van der Waals surface area contributed by atoms with Crippen LogP contribution in [0.3, 0.4) is 0 Å². The molecule has 0 aliphatic heterocycles. The molecule has 0 aliphatic carbocycles. The lowest BCUT2D eigenvalue weighted by molar-refractivity contribution is -0.385. The fraction of sp³-hybridized carbons (Fsp3) is 0.417. The number of alkyl halides is 3. The van der Waals surface area contributed by atoms with Crippen molar-refractivity contribution in [1.82, 2.24) is 10.6 Å². The molecule has 0 saturated heterocycles. The Bertz CT molecular complexity index is 523. The van der Waals surface area contributed by atoms with Gasteiger partial charge in [0.1, 0.15) is 0 Å². The third kappa shape index (κ3) is 7.43. The molecule has 0 bridgehead atoms. The summed E-state index contributed by atoms with van der Waals surface area (Å²) in [5, 5.41) is 16.1. The molecule has 0 aliphatic rings. The molecule has 0 saturated carbocycles. The van der Waals surface area contributed by atoms with Crippen LogP contribution in [0.15, 0.2) is 29.3 Å². The molecule has 1 aromatic carbocycles. The highest BCUT2D eigenvalue weighted by Gasteiger charge is 2.26. The predicted octanol–water partition coefficient (Wildman–Crippen LogP) is 2.83. The molecule has 1 rings (SSSR count). The first-order valence-corrected chi connectivity index (χ1v) is 6.07. The lowest BCUT2D eigenvalue weighted by Crippen LogP contribution is -2.38. The zero-order valence-corrected chi connectivity index (χ0v) is 14.0. The number of nitrogens with one attached hydrogen (secondary N) is 2. The van der Waals surface area contributed by atoms with Crippen LogP contribution in [0.2, 0.25) is 0 Å². The van der Waals surface area contributed by atoms with E-state index >= 15 is 0 Å². The summed E-state index contributed by atoms with van der Waals surface area (Å²) in [7, 11) is 1.41. The quantitative estimate of drug-likeness (QED) is 0.247. The summed E-state index contributed by atoms with van der Waals surface area (Å²) in [4.78, 5) is 14.1. The van der Waals surface area contributed by atoms with E-state index in [1.165, 1.54) is 19.2 Å². The Morgan fingerprint density at radius 1 is 1.32 bits per heavy atom. The summed E-state index contributed by atoms with van der Waals surface area (Å²) < 4.78 is 36.1. The van der Waals surface area contributed by atoms with E-state index in [9.17, 15) is 23.3 Å². The number of guanidine groups is 1. The van der Waals surface area contributed by atoms with Crippen LogP contribution in [0.1, 0.15) is 12.0 Å². The van der Waals surface area contributed by atoms with E-state index in [0.717, 1.165) is 0 Å². The minimum absolute atomic E-state index is 0. The first-order chi connectivity index (χ1) is 9.83. The van der Waals surface area contributed by atoms with Crippen LogP contribution in [-0.4, -0.2) is 30.7 Å². The fourth-order valence-corrected chi connectivity index (χ4v) is 1.56. The zero-order valence-electron chi connectivity index (χ0n) is 11.7. The normalized spacial score (nSPS) is 11.5. The summed E-state index contributed by atoms with van der Waals surface area (Å²) in [6, 6.07) is 6.10. The van der Waals surface area contributed by atoms with E-state index in [4.69, 9.17) is 0 Å². The van der Waals surface area contributed by atoms with Gasteiger partial charge < -0.3 is 10.6 Å². The first kappa shape index (κ1) is 20.4. The van der Waals surface area contributed by atoms with E-state index in [-0.39, 0.29) is 48.7 Å². The molecule has 2 N–H and O–H groups in total. The van der Waals surface area contributed by atoms with Gasteiger partial charge in [-0.25, -0.2) is 0 Å². The predicted molar refractivity (Wildman–Crippen MR) is 87.4 cm³/mol. The molecule has 0 heterocycles. The second-order valence-corrected chi connectivity index (χ2v) is 4.10. The number of aliphatic imine (C=N–C) groups is 1. The minimum Gasteiger partial charge on any atom is -0.356 e. The Kier molecular flexibility index (Phi) is 8.75. The molecule has 0 fully saturated rings. The zero-order chi connectivity index (χ0) is 15.9. The first-order valence-electron chi connectivity index (χ1n) is 6.07. The minimum atomic E-state index is -4.25. The van der Waals surface area contributed by atoms with Gasteiger partial charge in [0.2, 0.25) is 0 Å². The second kappa shape index (κ2) is 9.43. The maximum Gasteiger partial charge on any atom is 0.390 e. The monoisotopic (exact) mass is 432 g/mol. The lowest BCUT2D eigenvalue weighted by atomic mass is 10.2. The van der Waals surface area contributed by atoms with E-state index in [1.807, 2.05) is 0 Å². The van der Waals surface area contributed by atoms with Gasteiger partial charge in [0.25, 0.3) is 5.69 Å². The molecule has 22 heavy (non-hydrogen) atoms. The molecule has 10 heteroatoms. The number of hydrogen-bond donors (Lipinski definition) is 2. The number of nitrogens with zero attached hydrogens (tertiary/aromatic N) is 2. The van der Waals surface area contributed by atoms with Crippen molar-refractivity contribution in [3.05, 3.63) is 39.9 Å². The van der Waals surface area contributed by atoms with Crippen molar-refractivity contribution in [1.29, 1.82) is 0 Å². The van der Waals surface area contributed by atoms with E-state index in [2.05, 4.69) is 15.6 Å². The number of benzene rings is 1. The van der Waals surface area contributed by atoms with Gasteiger partial charge in [-0.15, -0.1) is 24.0 Å². The molecule has 124 valence electrons. The van der Waals surface area contributed by atoms with Crippen LogP contribution >= 0.6 is 24.0 Å². The van der Waals surface area contributed by atoms with Crippen LogP contribution in [0, 0.1) is 10.1 Å². The van der Waals surface area contributed by atoms with Gasteiger partial charge in [-0.1, -0.05) is 18.2 Å². The molecule has 6 nitrogen and oxygen atoms in total. The Morgan fingerprint density at radius 2 is 1.95 bits per heavy atom. The number of rotatable bonds is 5. The summed E-state index contributed by atoms with van der Waals surface area (Å²) in [6.45, 7) is -0.233. The van der Waals surface area contributed by atoms with Crippen LogP contribution in [-0.2, 0) is 6.54 Å². The van der Waals surface area contributed by atoms with Crippen molar-refractivity contribution in [2.45, 2.75) is 19.1 Å². The van der Waals surface area contributed by atoms with E-state index < -0.39 is 17.5 Å². The summed E-state index contributed by atoms with van der Waals surface area (Å²) in [5.74, 6) is 0.150. The van der Waals surface area contributed by atoms with Gasteiger partial charge >= 0.3 is 6.18 Å². The summed E-state index contributed by atoms with van der Waals surface area (Å²) in [6.07, 6.45) is -5.23. The Balaban J connectivity index is 0.00000441. The largest absolute Gasteiger partial charge is 0.390 e. The van der Waals surface area contributed by atoms with Gasteiger partial charge in [0, 0.05) is 31.8 Å². The summed E-state index contributed by atoms with van der Waals surface area (Å²) in [5.41, 5.74) is 0.358. The van der Waals surface area contributed by atoms with Crippen molar-refractivity contribution in [2.75, 3.05) is 13.6 Å². The summed E-state index contributed by atoms with van der Waals surface area (Å²) >= 11 is 0. The van der Waals surface area contributed by atoms with Crippen LogP contribution in [0.25, 0.3) is 0 Å². The number of nitro groups is 1. The average molecular weight is 432 g/mol. The van der Waals surface area contributed by atoms with Crippen molar-refractivity contribution < 1.29 is 18.1 Å². The smallest absolute Gasteiger partial charge is 0.356 e. The molecule has 0 unspecified atom stereocenters. The maximum absolute atomic E-state index is 12.0. The average Bonchev–Trinajstić information content (AvgIpc) is 2.41. The third-order valence-corrected chi connectivity index (χ3v) is 2.56. The number of para-hydroxylation sites is 1. The maximum atomic E-state index is 12.0. The topological polar surface area (TPSA) is 79.6 Å². The van der Waals surface area contributed by atoms with Crippen LogP contribution in [0.4, 0.5) is 18.9 Å². The third-order valence-electron chi connectivity index (χ3n) is 2.56. The highest BCUT2D eigenvalue weighted by atomic mass is 127. The van der Waals surface area contributed by atoms with Crippen molar-refractivity contribution in [2.24, 2.45) is 4.99 Å². The highest BCUT2D eigenvalue weighted by Crippen LogP contribution is 2.18. The second-order valence-electron chi connectivity index (χ2n) is 4.10. The van der Waals surface area contributed by atoms with Gasteiger partial charge in [0.05, 0.1) is 11.3 Å². The van der Waals surface area contributed by atoms with Crippen molar-refractivity contribution >= 4 is 35.6 Å². The van der Waals surface area contributed by atoms with Gasteiger partial charge in [0.15, 0.2) is 5.96 Å². The molecule has 0 atom stereocenters. The van der Waals surface area contributed by atoms with Crippen LogP contribution in [0.5, 0.6) is 0 Å². The van der Waals surface area contributed by atoms with E-state index in [0.29, 0.717) is 5.56 Å². The molecule has 0 aromatic heterocycles. The molecular weight excluding hydrogens is 416 g/mol. The molecule has 1 aromatic rings. The number of nitro benzene ring substituents is 1. The van der Waals surface area contributed by atoms with Crippen molar-refractivity contribution in [3.63, 3.8) is 0 Å². The Hall–Kier alpha value is -1.59. The van der Waals surface area contributed by atoms with Crippen molar-refractivity contribution in [3.8, 4) is 0 Å². The number of halogens is 4. The molecular formula is C12H16F3IN4O2. The van der Waals surface area contributed by atoms with Gasteiger partial charge in [-0.2, -0.15) is 13.2 Å². The lowest BCUT2D eigenvalue weighted by Gasteiger charge is -2.13. The number of hydrogen-bond acceptors (Lipinski definition) is 3. The molecule has 0 spiro atoms.